The molecule has 0 atom stereocenters. The molecule has 0 amide bonds. The molecule has 0 aliphatic carbocycles. The molecule has 1 saturated heterocycles. The Bertz CT molecular complexity index is 1260. The minimum Gasteiger partial charge on any atom is -0.473 e. The maximum absolute atomic E-state index is 13.5. The molecule has 2 aromatic heterocycles. The molecule has 33 heavy (non-hydrogen) atoms. The number of carbonyl (C=O) groups is 2. The first-order chi connectivity index (χ1) is 15.9. The van der Waals surface area contributed by atoms with Crippen LogP contribution in [0, 0.1) is 5.82 Å². The third-order valence-corrected chi connectivity index (χ3v) is 5.78. The van der Waals surface area contributed by atoms with Crippen LogP contribution in [0.4, 0.5) is 10.1 Å². The summed E-state index contributed by atoms with van der Waals surface area (Å²) in [6, 6.07) is 13.3. The molecule has 1 fully saturated rings. The number of carboxylic acid groups (broad SMARTS) is 2. The van der Waals surface area contributed by atoms with Crippen LogP contribution < -0.4 is 4.90 Å². The van der Waals surface area contributed by atoms with Crippen molar-refractivity contribution >= 4 is 39.5 Å². The summed E-state index contributed by atoms with van der Waals surface area (Å²) < 4.78 is 19.1. The lowest BCUT2D eigenvalue weighted by atomic mass is 10.1. The van der Waals surface area contributed by atoms with E-state index in [4.69, 9.17) is 24.2 Å². The van der Waals surface area contributed by atoms with Gasteiger partial charge in [-0.2, -0.15) is 0 Å². The van der Waals surface area contributed by atoms with Gasteiger partial charge >= 0.3 is 11.9 Å². The van der Waals surface area contributed by atoms with Gasteiger partial charge in [-0.15, -0.1) is 0 Å². The van der Waals surface area contributed by atoms with Crippen molar-refractivity contribution in [2.75, 3.05) is 37.6 Å². The molecule has 5 rings (SSSR count). The Labute approximate surface area is 188 Å². The molecule has 1 aliphatic heterocycles. The molecule has 0 spiro atoms. The van der Waals surface area contributed by atoms with E-state index in [2.05, 4.69) is 39.0 Å². The van der Waals surface area contributed by atoms with E-state index in [1.54, 1.807) is 18.4 Å². The van der Waals surface area contributed by atoms with Gasteiger partial charge in [0.25, 0.3) is 0 Å². The average Bonchev–Trinajstić information content (AvgIpc) is 3.45. The molecule has 0 radical (unpaired) electrons. The summed E-state index contributed by atoms with van der Waals surface area (Å²) in [5.74, 6) is -3.86. The number of furan rings is 1. The Morgan fingerprint density at radius 2 is 1.76 bits per heavy atom. The van der Waals surface area contributed by atoms with E-state index in [1.165, 1.54) is 22.7 Å². The van der Waals surface area contributed by atoms with Gasteiger partial charge in [0.1, 0.15) is 11.4 Å². The van der Waals surface area contributed by atoms with Crippen molar-refractivity contribution in [3.05, 3.63) is 66.3 Å². The fraction of sp³-hybridized carbons (Fsp3) is 0.250. The molecule has 0 bridgehead atoms. The summed E-state index contributed by atoms with van der Waals surface area (Å²) in [5.41, 5.74) is 4.35. The van der Waals surface area contributed by atoms with Crippen molar-refractivity contribution in [3.63, 3.8) is 0 Å². The monoisotopic (exact) mass is 453 g/mol. The minimum atomic E-state index is -1.82. The first-order valence-corrected chi connectivity index (χ1v) is 10.6. The number of H-pyrrole nitrogens is 1. The third kappa shape index (κ3) is 5.15. The Morgan fingerprint density at radius 1 is 1.00 bits per heavy atom. The van der Waals surface area contributed by atoms with E-state index >= 15 is 0 Å². The zero-order valence-corrected chi connectivity index (χ0v) is 17.8. The number of benzene rings is 2. The number of rotatable bonds is 4. The van der Waals surface area contributed by atoms with Crippen LogP contribution in [-0.2, 0) is 16.0 Å². The Morgan fingerprint density at radius 3 is 2.48 bits per heavy atom. The fourth-order valence-electron chi connectivity index (χ4n) is 4.08. The number of hydrogen-bond acceptors (Lipinski definition) is 5. The van der Waals surface area contributed by atoms with Crippen LogP contribution in [0.5, 0.6) is 0 Å². The summed E-state index contributed by atoms with van der Waals surface area (Å²) in [7, 11) is 0. The van der Waals surface area contributed by atoms with Crippen LogP contribution in [0.1, 0.15) is 5.56 Å². The summed E-state index contributed by atoms with van der Waals surface area (Å²) in [4.78, 5) is 26.4. The van der Waals surface area contributed by atoms with Gasteiger partial charge in [-0.05, 0) is 48.4 Å². The van der Waals surface area contributed by atoms with Gasteiger partial charge < -0.3 is 24.5 Å². The number of aromatic amines is 1. The lowest BCUT2D eigenvalue weighted by molar-refractivity contribution is -0.159. The summed E-state index contributed by atoms with van der Waals surface area (Å²) in [6.45, 7) is 5.07. The van der Waals surface area contributed by atoms with Crippen LogP contribution >= 0.6 is 0 Å². The van der Waals surface area contributed by atoms with Gasteiger partial charge in [0.2, 0.25) is 0 Å². The molecular formula is C24H24FN3O5. The number of piperazine rings is 1. The number of halogens is 1. The second kappa shape index (κ2) is 9.74. The number of fused-ring (bicyclic) bond motifs is 2. The summed E-state index contributed by atoms with van der Waals surface area (Å²) in [5, 5.41) is 17.0. The van der Waals surface area contributed by atoms with Crippen molar-refractivity contribution in [2.24, 2.45) is 0 Å². The van der Waals surface area contributed by atoms with Crippen LogP contribution in [0.25, 0.3) is 21.9 Å². The number of hydrogen-bond donors (Lipinski definition) is 3. The molecule has 2 aromatic carbocycles. The Balaban J connectivity index is 0.000000385. The van der Waals surface area contributed by atoms with Crippen molar-refractivity contribution < 1.29 is 28.6 Å². The molecular weight excluding hydrogens is 429 g/mol. The molecule has 0 unspecified atom stereocenters. The zero-order valence-electron chi connectivity index (χ0n) is 17.8. The highest BCUT2D eigenvalue weighted by molar-refractivity contribution is 6.27. The fourth-order valence-corrected chi connectivity index (χ4v) is 4.08. The van der Waals surface area contributed by atoms with Crippen molar-refractivity contribution in [1.29, 1.82) is 0 Å². The predicted molar refractivity (Wildman–Crippen MR) is 122 cm³/mol. The number of aliphatic carboxylic acids is 2. The van der Waals surface area contributed by atoms with E-state index in [-0.39, 0.29) is 5.82 Å². The largest absolute Gasteiger partial charge is 0.473 e. The number of nitrogens with one attached hydrogen (secondary N) is 1. The molecule has 8 nitrogen and oxygen atoms in total. The van der Waals surface area contributed by atoms with Gasteiger partial charge in [-0.3, -0.25) is 4.90 Å². The summed E-state index contributed by atoms with van der Waals surface area (Å²) >= 11 is 0. The van der Waals surface area contributed by atoms with E-state index in [0.717, 1.165) is 55.7 Å². The number of carboxylic acids is 2. The number of aromatic nitrogens is 1. The maximum Gasteiger partial charge on any atom is 0.414 e. The van der Waals surface area contributed by atoms with Crippen LogP contribution in [0.2, 0.25) is 0 Å². The second-order valence-electron chi connectivity index (χ2n) is 7.81. The van der Waals surface area contributed by atoms with Crippen molar-refractivity contribution in [1.82, 2.24) is 9.88 Å². The van der Waals surface area contributed by atoms with Crippen LogP contribution in [0.3, 0.4) is 0 Å². The van der Waals surface area contributed by atoms with Crippen LogP contribution in [-0.4, -0.2) is 64.8 Å². The van der Waals surface area contributed by atoms with Gasteiger partial charge in [-0.1, -0.05) is 6.07 Å². The maximum atomic E-state index is 13.5. The lowest BCUT2D eigenvalue weighted by Crippen LogP contribution is -2.47. The third-order valence-electron chi connectivity index (χ3n) is 5.78. The topological polar surface area (TPSA) is 110 Å². The molecule has 3 N–H and O–H groups in total. The Kier molecular flexibility index (Phi) is 6.60. The van der Waals surface area contributed by atoms with Gasteiger partial charge in [0.05, 0.1) is 6.26 Å². The van der Waals surface area contributed by atoms with E-state index in [9.17, 15) is 4.39 Å². The van der Waals surface area contributed by atoms with Crippen molar-refractivity contribution in [2.45, 2.75) is 6.42 Å². The minimum absolute atomic E-state index is 0.210. The normalized spacial score (nSPS) is 14.3. The second-order valence-corrected chi connectivity index (χ2v) is 7.81. The van der Waals surface area contributed by atoms with Gasteiger partial charge in [0, 0.05) is 60.9 Å². The first-order valence-electron chi connectivity index (χ1n) is 10.6. The zero-order chi connectivity index (χ0) is 23.4. The predicted octanol–water partition coefficient (Wildman–Crippen LogP) is 3.57. The van der Waals surface area contributed by atoms with Gasteiger partial charge in [-0.25, -0.2) is 14.0 Å². The smallest absolute Gasteiger partial charge is 0.414 e. The van der Waals surface area contributed by atoms with Gasteiger partial charge in [0.15, 0.2) is 0 Å². The van der Waals surface area contributed by atoms with E-state index in [1.807, 2.05) is 6.20 Å². The average molecular weight is 453 g/mol. The molecule has 3 heterocycles. The van der Waals surface area contributed by atoms with E-state index < -0.39 is 11.9 Å². The SMILES string of the molecule is Fc1ccc2occ(CCN3CCN(c4cccc5[nH]ccc45)CC3)c2c1.O=C(O)C(=O)O. The van der Waals surface area contributed by atoms with E-state index in [0.29, 0.717) is 0 Å². The van der Waals surface area contributed by atoms with Crippen molar-refractivity contribution in [3.8, 4) is 0 Å². The molecule has 4 aromatic rings. The lowest BCUT2D eigenvalue weighted by Gasteiger charge is -2.36. The molecule has 9 heteroatoms. The molecule has 172 valence electrons. The highest BCUT2D eigenvalue weighted by Gasteiger charge is 2.19. The summed E-state index contributed by atoms with van der Waals surface area (Å²) in [6.07, 6.45) is 4.65. The first kappa shape index (κ1) is 22.3. The number of nitrogens with zero attached hydrogens (tertiary/aromatic N) is 2. The highest BCUT2D eigenvalue weighted by Crippen LogP contribution is 2.27. The quantitative estimate of drug-likeness (QED) is 0.405. The highest BCUT2D eigenvalue weighted by atomic mass is 19.1. The Hall–Kier alpha value is -3.85. The number of anilines is 1. The molecule has 1 aliphatic rings. The molecule has 0 saturated carbocycles. The van der Waals surface area contributed by atoms with Crippen LogP contribution in [0.15, 0.2) is 59.3 Å². The standard InChI is InChI=1S/C22H22FN3O.C2H2O4/c23-17-4-5-22-19(14-17)16(15-27-22)7-9-25-10-12-26(13-11-25)21-3-1-2-20-18(21)6-8-24-20;3-1(4)2(5)6/h1-6,8,14-15,24H,7,9-13H2;(H,3,4)(H,5,6).